The lowest BCUT2D eigenvalue weighted by atomic mass is 10.0. The summed E-state index contributed by atoms with van der Waals surface area (Å²) in [6.07, 6.45) is 4.79. The molecular weight excluding hydrogens is 316 g/mol. The van der Waals surface area contributed by atoms with E-state index in [2.05, 4.69) is 20.9 Å². The molecule has 1 amide bonds. The Morgan fingerprint density at radius 1 is 1.12 bits per heavy atom. The molecule has 4 rings (SSSR count). The van der Waals surface area contributed by atoms with E-state index in [0.717, 1.165) is 43.7 Å². The fraction of sp³-hybridized carbons (Fsp3) is 0.421. The Bertz CT molecular complexity index is 785. The van der Waals surface area contributed by atoms with Crippen LogP contribution in [-0.2, 0) is 12.8 Å². The van der Waals surface area contributed by atoms with Crippen LogP contribution >= 0.6 is 0 Å². The molecule has 1 aromatic carbocycles. The van der Waals surface area contributed by atoms with Crippen LogP contribution < -0.4 is 9.64 Å². The molecule has 2 heterocycles. The van der Waals surface area contributed by atoms with Crippen LogP contribution in [0.3, 0.4) is 0 Å². The minimum absolute atomic E-state index is 0.165. The smallest absolute Gasteiger partial charge is 0.254 e. The van der Waals surface area contributed by atoms with E-state index in [0.29, 0.717) is 19.0 Å². The number of nitrogens with zero attached hydrogens (tertiary/aromatic N) is 4. The molecule has 0 atom stereocenters. The van der Waals surface area contributed by atoms with Gasteiger partial charge in [-0.3, -0.25) is 4.79 Å². The van der Waals surface area contributed by atoms with Crippen molar-refractivity contribution in [2.45, 2.75) is 19.3 Å². The zero-order valence-corrected chi connectivity index (χ0v) is 14.4. The van der Waals surface area contributed by atoms with Gasteiger partial charge in [0.25, 0.3) is 5.91 Å². The van der Waals surface area contributed by atoms with Gasteiger partial charge >= 0.3 is 0 Å². The van der Waals surface area contributed by atoms with Crippen LogP contribution in [0.1, 0.15) is 27.9 Å². The Morgan fingerprint density at radius 2 is 1.96 bits per heavy atom. The number of ether oxygens (including phenoxy) is 1. The number of amides is 1. The molecule has 0 N–H and O–H groups in total. The number of fused-ring (bicyclic) bond motifs is 1. The molecule has 130 valence electrons. The monoisotopic (exact) mass is 338 g/mol. The van der Waals surface area contributed by atoms with Crippen molar-refractivity contribution in [1.82, 2.24) is 14.9 Å². The fourth-order valence-electron chi connectivity index (χ4n) is 3.74. The van der Waals surface area contributed by atoms with E-state index in [1.807, 2.05) is 23.1 Å². The summed E-state index contributed by atoms with van der Waals surface area (Å²) in [5, 5.41) is 0. The maximum absolute atomic E-state index is 13.0. The minimum Gasteiger partial charge on any atom is -0.481 e. The molecule has 0 saturated carbocycles. The number of anilines is 1. The summed E-state index contributed by atoms with van der Waals surface area (Å²) in [7, 11) is 1.60. The zero-order valence-electron chi connectivity index (χ0n) is 14.4. The van der Waals surface area contributed by atoms with Crippen LogP contribution in [0.25, 0.3) is 0 Å². The predicted molar refractivity (Wildman–Crippen MR) is 95.2 cm³/mol. The zero-order chi connectivity index (χ0) is 17.2. The maximum atomic E-state index is 13.0. The maximum Gasteiger partial charge on any atom is 0.254 e. The third-order valence-electron chi connectivity index (χ3n) is 5.10. The highest BCUT2D eigenvalue weighted by molar-refractivity contribution is 5.96. The van der Waals surface area contributed by atoms with Gasteiger partial charge in [0, 0.05) is 37.8 Å². The number of hydrogen-bond donors (Lipinski definition) is 0. The highest BCUT2D eigenvalue weighted by Gasteiger charge is 2.26. The van der Waals surface area contributed by atoms with Crippen LogP contribution in [-0.4, -0.2) is 54.1 Å². The second-order valence-corrected chi connectivity index (χ2v) is 6.49. The van der Waals surface area contributed by atoms with Crippen LogP contribution in [0.5, 0.6) is 5.88 Å². The summed E-state index contributed by atoms with van der Waals surface area (Å²) in [4.78, 5) is 25.5. The van der Waals surface area contributed by atoms with Crippen molar-refractivity contribution in [2.75, 3.05) is 38.2 Å². The molecule has 0 spiro atoms. The summed E-state index contributed by atoms with van der Waals surface area (Å²) in [5.74, 6) is 1.57. The van der Waals surface area contributed by atoms with Gasteiger partial charge in [-0.1, -0.05) is 12.1 Å². The Hall–Kier alpha value is -2.63. The Kier molecular flexibility index (Phi) is 4.26. The molecule has 2 aromatic rings. The van der Waals surface area contributed by atoms with Gasteiger partial charge in [0.1, 0.15) is 12.1 Å². The number of carbonyl (C=O) groups is 1. The van der Waals surface area contributed by atoms with Gasteiger partial charge in [0.2, 0.25) is 5.88 Å². The lowest BCUT2D eigenvalue weighted by Gasteiger charge is -2.35. The summed E-state index contributed by atoms with van der Waals surface area (Å²) < 4.78 is 5.16. The predicted octanol–water partition coefficient (Wildman–Crippen LogP) is 1.94. The van der Waals surface area contributed by atoms with E-state index in [4.69, 9.17) is 4.74 Å². The number of carbonyl (C=O) groups excluding carboxylic acids is 1. The van der Waals surface area contributed by atoms with E-state index < -0.39 is 0 Å². The molecule has 1 aliphatic heterocycles. The molecule has 0 radical (unpaired) electrons. The van der Waals surface area contributed by atoms with Crippen molar-refractivity contribution in [3.63, 3.8) is 0 Å². The SMILES string of the molecule is COc1cc(N2CCN(C(=O)c3cccc4c3CCC4)CC2)ncn1. The number of piperazine rings is 1. The van der Waals surface area contributed by atoms with Crippen LogP contribution in [0.4, 0.5) is 5.82 Å². The Balaban J connectivity index is 1.45. The first-order valence-corrected chi connectivity index (χ1v) is 8.77. The third kappa shape index (κ3) is 3.04. The first-order chi connectivity index (χ1) is 12.3. The fourth-order valence-corrected chi connectivity index (χ4v) is 3.74. The molecule has 6 heteroatoms. The topological polar surface area (TPSA) is 58.6 Å². The molecule has 0 unspecified atom stereocenters. The third-order valence-corrected chi connectivity index (χ3v) is 5.10. The number of benzene rings is 1. The van der Waals surface area contributed by atoms with Gasteiger partial charge in [-0.05, 0) is 36.5 Å². The lowest BCUT2D eigenvalue weighted by Crippen LogP contribution is -2.49. The average molecular weight is 338 g/mol. The Labute approximate surface area is 147 Å². The van der Waals surface area contributed by atoms with Crippen molar-refractivity contribution in [3.8, 4) is 5.88 Å². The largest absolute Gasteiger partial charge is 0.481 e. The van der Waals surface area contributed by atoms with Crippen molar-refractivity contribution in [2.24, 2.45) is 0 Å². The number of hydrogen-bond acceptors (Lipinski definition) is 5. The van der Waals surface area contributed by atoms with Gasteiger partial charge < -0.3 is 14.5 Å². The second kappa shape index (κ2) is 6.70. The van der Waals surface area contributed by atoms with Gasteiger partial charge in [-0.15, -0.1) is 0 Å². The lowest BCUT2D eigenvalue weighted by molar-refractivity contribution is 0.0745. The van der Waals surface area contributed by atoms with Crippen molar-refractivity contribution < 1.29 is 9.53 Å². The number of aromatic nitrogens is 2. The van der Waals surface area contributed by atoms with E-state index in [-0.39, 0.29) is 5.91 Å². The van der Waals surface area contributed by atoms with Gasteiger partial charge in [0.05, 0.1) is 7.11 Å². The van der Waals surface area contributed by atoms with Crippen LogP contribution in [0.15, 0.2) is 30.6 Å². The quantitative estimate of drug-likeness (QED) is 0.856. The van der Waals surface area contributed by atoms with Crippen molar-refractivity contribution >= 4 is 11.7 Å². The average Bonchev–Trinajstić information content (AvgIpc) is 3.16. The number of aryl methyl sites for hydroxylation is 1. The number of rotatable bonds is 3. The summed E-state index contributed by atoms with van der Waals surface area (Å²) in [5.41, 5.74) is 3.50. The van der Waals surface area contributed by atoms with Crippen LogP contribution in [0.2, 0.25) is 0 Å². The highest BCUT2D eigenvalue weighted by atomic mass is 16.5. The molecule has 0 bridgehead atoms. The summed E-state index contributed by atoms with van der Waals surface area (Å²) >= 11 is 0. The van der Waals surface area contributed by atoms with Crippen LogP contribution in [0, 0.1) is 0 Å². The molecule has 1 aromatic heterocycles. The second-order valence-electron chi connectivity index (χ2n) is 6.49. The summed E-state index contributed by atoms with van der Waals surface area (Å²) in [6.45, 7) is 2.94. The standard InChI is InChI=1S/C19H22N4O2/c1-25-18-12-17(20-13-21-18)22-8-10-23(11-9-22)19(24)16-7-3-5-14-4-2-6-15(14)16/h3,5,7,12-13H,2,4,6,8-11H2,1H3. The van der Waals surface area contributed by atoms with Gasteiger partial charge in [-0.25, -0.2) is 9.97 Å². The Morgan fingerprint density at radius 3 is 2.76 bits per heavy atom. The highest BCUT2D eigenvalue weighted by Crippen LogP contribution is 2.26. The molecule has 6 nitrogen and oxygen atoms in total. The first-order valence-electron chi connectivity index (χ1n) is 8.77. The molecular formula is C19H22N4O2. The molecule has 1 saturated heterocycles. The van der Waals surface area contributed by atoms with E-state index >= 15 is 0 Å². The van der Waals surface area contributed by atoms with E-state index in [1.165, 1.54) is 17.5 Å². The van der Waals surface area contributed by atoms with E-state index in [1.54, 1.807) is 7.11 Å². The van der Waals surface area contributed by atoms with E-state index in [9.17, 15) is 4.79 Å². The normalized spacial score (nSPS) is 16.7. The van der Waals surface area contributed by atoms with Crippen molar-refractivity contribution in [3.05, 3.63) is 47.3 Å². The summed E-state index contributed by atoms with van der Waals surface area (Å²) in [6, 6.07) is 7.98. The van der Waals surface area contributed by atoms with Gasteiger partial charge in [0.15, 0.2) is 0 Å². The van der Waals surface area contributed by atoms with Gasteiger partial charge in [-0.2, -0.15) is 0 Å². The molecule has 2 aliphatic rings. The molecule has 25 heavy (non-hydrogen) atoms. The minimum atomic E-state index is 0.165. The van der Waals surface area contributed by atoms with Crippen molar-refractivity contribution in [1.29, 1.82) is 0 Å². The molecule has 1 aliphatic carbocycles. The first kappa shape index (κ1) is 15.9. The number of methoxy groups -OCH3 is 1. The molecule has 1 fully saturated rings.